The Morgan fingerprint density at radius 3 is 1.28 bits per heavy atom. The number of esters is 1. The lowest BCUT2D eigenvalue weighted by Crippen LogP contribution is -2.29. The van der Waals surface area contributed by atoms with E-state index in [9.17, 15) is 19.4 Å². The average molecular weight is 925 g/mol. The molecule has 0 fully saturated rings. The first-order valence-corrected chi connectivity index (χ1v) is 28.1. The zero-order chi connectivity index (χ0) is 46.7. The van der Waals surface area contributed by atoms with Gasteiger partial charge in [-0.05, 0) is 77.0 Å². The third-order valence-electron chi connectivity index (χ3n) is 11.5. The van der Waals surface area contributed by atoms with Crippen LogP contribution in [0.5, 0.6) is 0 Å². The molecule has 3 unspecified atom stereocenters. The molecule has 3 N–H and O–H groups in total. The number of carbonyl (C=O) groups is 1. The molecule has 0 saturated heterocycles. The molecular formula is C54H101O9P. The van der Waals surface area contributed by atoms with Crippen LogP contribution in [0.3, 0.4) is 0 Å². The number of phosphoric acid groups is 1. The van der Waals surface area contributed by atoms with Gasteiger partial charge in [0.25, 0.3) is 0 Å². The van der Waals surface area contributed by atoms with Crippen LogP contribution in [0, 0.1) is 0 Å². The van der Waals surface area contributed by atoms with Crippen molar-refractivity contribution in [2.75, 3.05) is 33.0 Å². The van der Waals surface area contributed by atoms with Gasteiger partial charge in [-0.1, -0.05) is 210 Å². The van der Waals surface area contributed by atoms with E-state index in [1.54, 1.807) is 0 Å². The first kappa shape index (κ1) is 62.4. The molecule has 0 amide bonds. The number of aliphatic hydroxyl groups is 2. The van der Waals surface area contributed by atoms with E-state index in [1.165, 1.54) is 161 Å². The number of rotatable bonds is 51. The van der Waals surface area contributed by atoms with Crippen LogP contribution in [-0.4, -0.2) is 66.3 Å². The Bertz CT molecular complexity index is 1140. The van der Waals surface area contributed by atoms with E-state index < -0.39 is 39.2 Å². The topological polar surface area (TPSA) is 132 Å². The van der Waals surface area contributed by atoms with Gasteiger partial charge in [-0.2, -0.15) is 0 Å². The van der Waals surface area contributed by atoms with Gasteiger partial charge in [-0.25, -0.2) is 4.57 Å². The number of ether oxygens (including phenoxy) is 2. The summed E-state index contributed by atoms with van der Waals surface area (Å²) in [6, 6.07) is 0. The molecule has 0 spiro atoms. The normalized spacial score (nSPS) is 14.1. The molecule has 0 aromatic rings. The van der Waals surface area contributed by atoms with Gasteiger partial charge < -0.3 is 24.6 Å². The van der Waals surface area contributed by atoms with Gasteiger partial charge in [0.05, 0.1) is 26.4 Å². The molecule has 0 aliphatic rings. The molecule has 0 aromatic carbocycles. The minimum absolute atomic E-state index is 0.0431. The number of carbonyl (C=O) groups excluding carboxylic acids is 1. The molecule has 0 radical (unpaired) electrons. The number of aliphatic hydroxyl groups excluding tert-OH is 2. The van der Waals surface area contributed by atoms with Crippen LogP contribution in [0.25, 0.3) is 0 Å². The van der Waals surface area contributed by atoms with Gasteiger partial charge >= 0.3 is 13.8 Å². The Morgan fingerprint density at radius 2 is 0.844 bits per heavy atom. The summed E-state index contributed by atoms with van der Waals surface area (Å²) in [5.41, 5.74) is 0. The number of unbranched alkanes of at least 4 members (excludes halogenated alkanes) is 29. The second kappa shape index (κ2) is 50.8. The zero-order valence-electron chi connectivity index (χ0n) is 41.5. The summed E-state index contributed by atoms with van der Waals surface area (Å²) < 4.78 is 33.6. The van der Waals surface area contributed by atoms with Crippen LogP contribution in [0.15, 0.2) is 48.6 Å². The number of allylic oxidation sites excluding steroid dienone is 8. The zero-order valence-corrected chi connectivity index (χ0v) is 42.4. The summed E-state index contributed by atoms with van der Waals surface area (Å²) >= 11 is 0. The SMILES string of the molecule is CCCCCCC/C=C\C/C=C\C/C=C\CCCCCCCCC(=O)OC(COCCCCCCCCCCCC/C=C\CCCCCCCCCC)COP(=O)(O)OCC(O)CO. The maximum atomic E-state index is 12.7. The van der Waals surface area contributed by atoms with Crippen LogP contribution >= 0.6 is 7.82 Å². The second-order valence-corrected chi connectivity index (χ2v) is 19.3. The van der Waals surface area contributed by atoms with Gasteiger partial charge in [-0.15, -0.1) is 0 Å². The maximum absolute atomic E-state index is 12.7. The van der Waals surface area contributed by atoms with E-state index in [2.05, 4.69) is 62.5 Å². The molecule has 0 aliphatic heterocycles. The molecule has 0 heterocycles. The van der Waals surface area contributed by atoms with E-state index in [1.807, 2.05) is 0 Å². The summed E-state index contributed by atoms with van der Waals surface area (Å²) in [5.74, 6) is -0.393. The molecule has 0 aliphatic carbocycles. The summed E-state index contributed by atoms with van der Waals surface area (Å²) in [6.07, 6.45) is 59.3. The number of hydrogen-bond acceptors (Lipinski definition) is 8. The minimum atomic E-state index is -4.53. The predicted molar refractivity (Wildman–Crippen MR) is 270 cm³/mol. The monoisotopic (exact) mass is 925 g/mol. The molecule has 0 saturated carbocycles. The van der Waals surface area contributed by atoms with E-state index in [0.717, 1.165) is 57.8 Å². The number of hydrogen-bond donors (Lipinski definition) is 3. The highest BCUT2D eigenvalue weighted by Gasteiger charge is 2.26. The van der Waals surface area contributed by atoms with Crippen molar-refractivity contribution in [1.82, 2.24) is 0 Å². The molecule has 376 valence electrons. The van der Waals surface area contributed by atoms with Crippen molar-refractivity contribution >= 4 is 13.8 Å². The summed E-state index contributed by atoms with van der Waals surface area (Å²) in [6.45, 7) is 3.52. The van der Waals surface area contributed by atoms with Crippen molar-refractivity contribution in [2.45, 2.75) is 257 Å². The van der Waals surface area contributed by atoms with E-state index >= 15 is 0 Å². The second-order valence-electron chi connectivity index (χ2n) is 17.9. The molecule has 0 rings (SSSR count). The predicted octanol–water partition coefficient (Wildman–Crippen LogP) is 15.7. The highest BCUT2D eigenvalue weighted by molar-refractivity contribution is 7.47. The van der Waals surface area contributed by atoms with Crippen molar-refractivity contribution in [1.29, 1.82) is 0 Å². The van der Waals surface area contributed by atoms with Crippen molar-refractivity contribution in [3.63, 3.8) is 0 Å². The average Bonchev–Trinajstić information content (AvgIpc) is 3.29. The van der Waals surface area contributed by atoms with Crippen LogP contribution < -0.4 is 0 Å². The molecular weight excluding hydrogens is 824 g/mol. The minimum Gasteiger partial charge on any atom is -0.457 e. The Morgan fingerprint density at radius 1 is 0.484 bits per heavy atom. The van der Waals surface area contributed by atoms with Gasteiger partial charge in [0.15, 0.2) is 0 Å². The summed E-state index contributed by atoms with van der Waals surface area (Å²) in [4.78, 5) is 22.7. The van der Waals surface area contributed by atoms with Crippen LogP contribution in [0.2, 0.25) is 0 Å². The van der Waals surface area contributed by atoms with Gasteiger partial charge in [-0.3, -0.25) is 13.8 Å². The Balaban J connectivity index is 4.09. The fourth-order valence-corrected chi connectivity index (χ4v) is 8.21. The first-order valence-electron chi connectivity index (χ1n) is 26.6. The van der Waals surface area contributed by atoms with Crippen molar-refractivity contribution in [2.24, 2.45) is 0 Å². The molecule has 0 aromatic heterocycles. The Labute approximate surface area is 394 Å². The third-order valence-corrected chi connectivity index (χ3v) is 12.4. The smallest absolute Gasteiger partial charge is 0.457 e. The van der Waals surface area contributed by atoms with Gasteiger partial charge in [0.1, 0.15) is 12.2 Å². The van der Waals surface area contributed by atoms with Crippen LogP contribution in [-0.2, 0) is 27.9 Å². The molecule has 0 bridgehead atoms. The van der Waals surface area contributed by atoms with Crippen molar-refractivity contribution in [3.8, 4) is 0 Å². The molecule has 3 atom stereocenters. The third kappa shape index (κ3) is 49.8. The van der Waals surface area contributed by atoms with Crippen molar-refractivity contribution < 1.29 is 43.0 Å². The molecule has 9 nitrogen and oxygen atoms in total. The van der Waals surface area contributed by atoms with Gasteiger partial charge in [0, 0.05) is 13.0 Å². The lowest BCUT2D eigenvalue weighted by molar-refractivity contribution is -0.154. The van der Waals surface area contributed by atoms with E-state index in [4.69, 9.17) is 23.6 Å². The molecule has 10 heteroatoms. The highest BCUT2D eigenvalue weighted by atomic mass is 31.2. The standard InChI is InChI=1S/C54H101O9P/c1-3-5-7-9-11-13-15-17-19-21-23-25-27-29-31-33-35-37-39-41-43-45-47-60-50-53(51-62-64(58,59)61-49-52(56)48-55)63-54(57)46-44-42-40-38-36-34-32-30-28-26-24-22-20-18-16-14-12-10-8-6-4-2/h16,18,21-24,28,30,52-53,55-56H,3-15,17,19-20,25-27,29,31-51H2,1-2H3,(H,58,59)/b18-16-,23-21-,24-22-,30-28-. The van der Waals surface area contributed by atoms with Gasteiger partial charge in [0.2, 0.25) is 0 Å². The van der Waals surface area contributed by atoms with E-state index in [0.29, 0.717) is 13.0 Å². The van der Waals surface area contributed by atoms with Crippen LogP contribution in [0.4, 0.5) is 0 Å². The summed E-state index contributed by atoms with van der Waals surface area (Å²) in [7, 11) is -4.53. The first-order chi connectivity index (χ1) is 31.3. The van der Waals surface area contributed by atoms with Crippen molar-refractivity contribution in [3.05, 3.63) is 48.6 Å². The lowest BCUT2D eigenvalue weighted by Gasteiger charge is -2.20. The Hall–Kier alpha value is -1.58. The molecule has 64 heavy (non-hydrogen) atoms. The fourth-order valence-electron chi connectivity index (χ4n) is 7.42. The lowest BCUT2D eigenvalue weighted by atomic mass is 10.1. The highest BCUT2D eigenvalue weighted by Crippen LogP contribution is 2.43. The number of phosphoric ester groups is 1. The Kier molecular flexibility index (Phi) is 49.6. The maximum Gasteiger partial charge on any atom is 0.472 e. The quantitative estimate of drug-likeness (QED) is 0.0236. The van der Waals surface area contributed by atoms with Crippen LogP contribution in [0.1, 0.15) is 245 Å². The summed E-state index contributed by atoms with van der Waals surface area (Å²) in [5, 5.41) is 18.4. The fraction of sp³-hybridized carbons (Fsp3) is 0.833. The largest absolute Gasteiger partial charge is 0.472 e. The van der Waals surface area contributed by atoms with E-state index in [-0.39, 0.29) is 19.6 Å².